The number of fused-ring (bicyclic) bond motifs is 4. The van der Waals surface area contributed by atoms with Gasteiger partial charge in [-0.05, 0) is 87.6 Å². The second-order valence-electron chi connectivity index (χ2n) is 14.6. The van der Waals surface area contributed by atoms with Gasteiger partial charge in [-0.25, -0.2) is 4.79 Å². The largest absolute Gasteiger partial charge is 0.465 e. The van der Waals surface area contributed by atoms with E-state index >= 15 is 0 Å². The van der Waals surface area contributed by atoms with E-state index in [0.717, 1.165) is 56.7 Å². The minimum Gasteiger partial charge on any atom is -0.465 e. The number of piperidine rings is 1. The fraction of sp³-hybridized carbons (Fsp3) is 0.295. The lowest BCUT2D eigenvalue weighted by Gasteiger charge is -2.33. The van der Waals surface area contributed by atoms with Crippen molar-refractivity contribution in [2.45, 2.75) is 46.1 Å². The summed E-state index contributed by atoms with van der Waals surface area (Å²) in [4.78, 5) is 61.7. The Kier molecular flexibility index (Phi) is 10.7. The number of imide groups is 1. The fourth-order valence-corrected chi connectivity index (χ4v) is 9.06. The van der Waals surface area contributed by atoms with Crippen LogP contribution in [0.2, 0.25) is 5.02 Å². The number of nitrogens with one attached hydrogen (secondary N) is 1. The smallest absolute Gasteiger partial charge is 0.339 e. The Balaban J connectivity index is 0.928. The molecule has 5 heterocycles. The Morgan fingerprint density at radius 3 is 2.36 bits per heavy atom. The highest BCUT2D eigenvalue weighted by atomic mass is 35.5. The molecule has 2 aromatic heterocycles. The zero-order chi connectivity index (χ0) is 40.7. The van der Waals surface area contributed by atoms with E-state index in [1.165, 1.54) is 12.0 Å². The Morgan fingerprint density at radius 1 is 0.966 bits per heavy atom. The molecule has 0 bridgehead atoms. The minimum atomic E-state index is -0.541. The molecule has 0 spiro atoms. The van der Waals surface area contributed by atoms with Crippen molar-refractivity contribution in [3.8, 4) is 16.8 Å². The van der Waals surface area contributed by atoms with Crippen LogP contribution in [0.5, 0.6) is 0 Å². The van der Waals surface area contributed by atoms with E-state index < -0.39 is 23.8 Å². The van der Waals surface area contributed by atoms with Crippen molar-refractivity contribution >= 4 is 58.0 Å². The number of thiophene rings is 1. The summed E-state index contributed by atoms with van der Waals surface area (Å²) in [5.41, 5.74) is 6.07. The summed E-state index contributed by atoms with van der Waals surface area (Å²) < 4.78 is 7.04. The van der Waals surface area contributed by atoms with Crippen LogP contribution in [0.1, 0.15) is 95.2 Å². The first-order valence-electron chi connectivity index (χ1n) is 19.1. The first-order valence-corrected chi connectivity index (χ1v) is 20.3. The molecule has 3 aromatic carbocycles. The molecule has 3 amide bonds. The maximum absolute atomic E-state index is 14.0. The number of rotatable bonds is 8. The molecule has 58 heavy (non-hydrogen) atoms. The van der Waals surface area contributed by atoms with Crippen molar-refractivity contribution in [3.63, 3.8) is 0 Å². The minimum absolute atomic E-state index is 0.0174. The van der Waals surface area contributed by atoms with E-state index in [4.69, 9.17) is 21.3 Å². The molecule has 14 heteroatoms. The van der Waals surface area contributed by atoms with Gasteiger partial charge in [0.1, 0.15) is 16.9 Å². The van der Waals surface area contributed by atoms with Crippen LogP contribution in [-0.2, 0) is 9.53 Å². The summed E-state index contributed by atoms with van der Waals surface area (Å²) in [7, 11) is 1.30. The van der Waals surface area contributed by atoms with E-state index in [0.29, 0.717) is 53.1 Å². The number of amides is 3. The molecular weight excluding hydrogens is 774 g/mol. The zero-order valence-electron chi connectivity index (χ0n) is 32.5. The Labute approximate surface area is 344 Å². The van der Waals surface area contributed by atoms with Gasteiger partial charge in [0.15, 0.2) is 5.82 Å². The van der Waals surface area contributed by atoms with Crippen molar-refractivity contribution in [1.82, 2.24) is 24.6 Å². The molecule has 0 radical (unpaired) electrons. The molecule has 1 atom stereocenters. The van der Waals surface area contributed by atoms with Gasteiger partial charge in [0, 0.05) is 51.9 Å². The molecule has 0 saturated carbocycles. The quantitative estimate of drug-likeness (QED) is 0.101. The number of ether oxygens (including phenoxy) is 1. The summed E-state index contributed by atoms with van der Waals surface area (Å²) in [6.07, 6.45) is 1.77. The predicted molar refractivity (Wildman–Crippen MR) is 222 cm³/mol. The summed E-state index contributed by atoms with van der Waals surface area (Å²) in [5.74, 6) is 6.28. The van der Waals surface area contributed by atoms with Gasteiger partial charge < -0.3 is 15.0 Å². The average Bonchev–Trinajstić information content (AvgIpc) is 3.81. The van der Waals surface area contributed by atoms with Gasteiger partial charge in [-0.2, -0.15) is 0 Å². The van der Waals surface area contributed by atoms with Gasteiger partial charge in [-0.1, -0.05) is 47.7 Å². The van der Waals surface area contributed by atoms with Crippen molar-refractivity contribution < 1.29 is 23.9 Å². The van der Waals surface area contributed by atoms with Crippen molar-refractivity contribution in [2.24, 2.45) is 10.9 Å². The molecule has 0 aliphatic carbocycles. The number of carbonyl (C=O) groups excluding carboxylic acids is 4. The standard InChI is InChI=1S/C44H40ClN7O5S/c1-25-26(2)58-43-38(25)39(29-11-13-31(45)14-12-29)47-36(40-49-48-27(3)52(40)43)23-37(53)50-20-17-28(18-21-50)24-46-32-15-16-33(44(56)57-4)30(22-32)8-7-19-51-41(54)34-9-5-6-10-35(34)42(51)55/h5-6,9-16,22,28,36,46H,17-21,23-24H2,1-4H3/t36-/m0/s1. The van der Waals surface area contributed by atoms with E-state index in [-0.39, 0.29) is 24.4 Å². The van der Waals surface area contributed by atoms with Crippen LogP contribution in [0, 0.1) is 38.5 Å². The van der Waals surface area contributed by atoms with Crippen LogP contribution in [0.15, 0.2) is 71.7 Å². The monoisotopic (exact) mass is 813 g/mol. The number of halogens is 1. The number of aliphatic imine (C=N–C) groups is 1. The third kappa shape index (κ3) is 7.29. The number of aryl methyl sites for hydroxylation is 2. The molecule has 12 nitrogen and oxygen atoms in total. The summed E-state index contributed by atoms with van der Waals surface area (Å²) >= 11 is 7.95. The second kappa shape index (κ2) is 16.0. The number of esters is 1. The molecule has 3 aliphatic rings. The number of hydrogen-bond donors (Lipinski definition) is 1. The van der Waals surface area contributed by atoms with Crippen LogP contribution >= 0.6 is 22.9 Å². The highest BCUT2D eigenvalue weighted by Crippen LogP contribution is 2.40. The third-order valence-electron chi connectivity index (χ3n) is 11.1. The summed E-state index contributed by atoms with van der Waals surface area (Å²) in [5, 5.41) is 14.1. The van der Waals surface area contributed by atoms with Crippen LogP contribution in [0.25, 0.3) is 5.00 Å². The molecule has 3 aliphatic heterocycles. The number of carbonyl (C=O) groups is 4. The van der Waals surface area contributed by atoms with Gasteiger partial charge in [0.2, 0.25) is 5.91 Å². The third-order valence-corrected chi connectivity index (χ3v) is 12.5. The molecule has 8 rings (SSSR count). The van der Waals surface area contributed by atoms with Crippen molar-refractivity contribution in [1.29, 1.82) is 0 Å². The Bertz CT molecular complexity index is 2540. The number of methoxy groups -OCH3 is 1. The predicted octanol–water partition coefficient (Wildman–Crippen LogP) is 6.97. The van der Waals surface area contributed by atoms with Crippen LogP contribution < -0.4 is 5.32 Å². The Hall–Kier alpha value is -6.10. The second-order valence-corrected chi connectivity index (χ2v) is 16.2. The topological polar surface area (TPSA) is 139 Å². The highest BCUT2D eigenvalue weighted by molar-refractivity contribution is 7.15. The number of hydrogen-bond acceptors (Lipinski definition) is 10. The SMILES string of the molecule is COC(=O)c1ccc(NCC2CCN(C(=O)C[C@@H]3N=C(c4ccc(Cl)cc4)c4c(sc(C)c4C)-n4c(C)nnc43)CC2)cc1C#CCN1C(=O)c2ccccc2C1=O. The van der Waals surface area contributed by atoms with Gasteiger partial charge >= 0.3 is 5.97 Å². The zero-order valence-corrected chi connectivity index (χ0v) is 34.0. The van der Waals surface area contributed by atoms with Crippen LogP contribution in [0.3, 0.4) is 0 Å². The molecular formula is C44H40ClN7O5S. The van der Waals surface area contributed by atoms with Crippen LogP contribution in [0.4, 0.5) is 5.69 Å². The van der Waals surface area contributed by atoms with E-state index in [1.54, 1.807) is 53.8 Å². The number of aromatic nitrogens is 3. The molecule has 5 aromatic rings. The lowest BCUT2D eigenvalue weighted by atomic mass is 9.96. The van der Waals surface area contributed by atoms with E-state index in [2.05, 4.69) is 45.8 Å². The molecule has 1 saturated heterocycles. The maximum Gasteiger partial charge on any atom is 0.339 e. The van der Waals surface area contributed by atoms with Crippen LogP contribution in [-0.4, -0.2) is 87.3 Å². The number of nitrogens with zero attached hydrogens (tertiary/aromatic N) is 6. The fourth-order valence-electron chi connectivity index (χ4n) is 7.72. The lowest BCUT2D eigenvalue weighted by molar-refractivity contribution is -0.133. The lowest BCUT2D eigenvalue weighted by Crippen LogP contribution is -2.40. The number of benzene rings is 3. The number of anilines is 1. The molecule has 294 valence electrons. The first kappa shape index (κ1) is 38.8. The Morgan fingerprint density at radius 2 is 1.67 bits per heavy atom. The first-order chi connectivity index (χ1) is 28.0. The van der Waals surface area contributed by atoms with E-state index in [9.17, 15) is 19.2 Å². The van der Waals surface area contributed by atoms with Crippen molar-refractivity contribution in [2.75, 3.05) is 38.6 Å². The van der Waals surface area contributed by atoms with Gasteiger partial charge in [0.05, 0.1) is 42.5 Å². The van der Waals surface area contributed by atoms with E-state index in [1.807, 2.05) is 36.1 Å². The highest BCUT2D eigenvalue weighted by Gasteiger charge is 2.35. The van der Waals surface area contributed by atoms with Gasteiger partial charge in [-0.15, -0.1) is 21.5 Å². The maximum atomic E-state index is 14.0. The van der Waals surface area contributed by atoms with Crippen molar-refractivity contribution in [3.05, 3.63) is 127 Å². The average molecular weight is 814 g/mol. The van der Waals surface area contributed by atoms with Gasteiger partial charge in [-0.3, -0.25) is 28.8 Å². The summed E-state index contributed by atoms with van der Waals surface area (Å²) in [6, 6.07) is 19.0. The van der Waals surface area contributed by atoms with Gasteiger partial charge in [0.25, 0.3) is 11.8 Å². The molecule has 0 unspecified atom stereocenters. The summed E-state index contributed by atoms with van der Waals surface area (Å²) in [6.45, 7) is 7.90. The number of likely N-dealkylation sites (tertiary alicyclic amines) is 1. The normalized spacial score (nSPS) is 16.2. The molecule has 1 fully saturated rings. The molecule has 1 N–H and O–H groups in total.